The average Bonchev–Trinajstić information content (AvgIpc) is 2.37. The molecule has 0 saturated heterocycles. The quantitative estimate of drug-likeness (QED) is 0.690. The number of aryl methyl sites for hydroxylation is 1. The molecular weight excluding hydrogens is 234 g/mol. The van der Waals surface area contributed by atoms with Crippen LogP contribution in [-0.2, 0) is 0 Å². The summed E-state index contributed by atoms with van der Waals surface area (Å²) in [5, 5.41) is 3.52. The van der Waals surface area contributed by atoms with Gasteiger partial charge in [-0.2, -0.15) is 0 Å². The van der Waals surface area contributed by atoms with Crippen molar-refractivity contribution in [2.24, 2.45) is 0 Å². The third-order valence-corrected chi connectivity index (χ3v) is 3.27. The van der Waals surface area contributed by atoms with Crippen LogP contribution < -0.4 is 10.2 Å². The minimum Gasteiger partial charge on any atom is -0.371 e. The Balaban J connectivity index is 2.26. The molecule has 0 radical (unpaired) electrons. The van der Waals surface area contributed by atoms with Gasteiger partial charge in [0.2, 0.25) is 0 Å². The summed E-state index contributed by atoms with van der Waals surface area (Å²) >= 11 is 0. The van der Waals surface area contributed by atoms with Gasteiger partial charge in [0.05, 0.1) is 0 Å². The lowest BCUT2D eigenvalue weighted by Crippen LogP contribution is -2.33. The van der Waals surface area contributed by atoms with E-state index in [1.807, 2.05) is 0 Å². The highest BCUT2D eigenvalue weighted by Gasteiger charge is 2.03. The van der Waals surface area contributed by atoms with Gasteiger partial charge in [-0.25, -0.2) is 0 Å². The molecule has 0 heterocycles. The fraction of sp³-hybridized carbons (Fsp3) is 0.625. The summed E-state index contributed by atoms with van der Waals surface area (Å²) in [6, 6.07) is 8.74. The van der Waals surface area contributed by atoms with Crippen molar-refractivity contribution in [3.8, 4) is 0 Å². The lowest BCUT2D eigenvalue weighted by molar-refractivity contribution is 0.395. The number of nitrogens with one attached hydrogen (secondary N) is 1. The SMILES string of the molecule is CCN(CCNCCCN(C)C)c1cccc(C)c1. The van der Waals surface area contributed by atoms with E-state index in [-0.39, 0.29) is 0 Å². The maximum absolute atomic E-state index is 3.52. The molecule has 19 heavy (non-hydrogen) atoms. The third kappa shape index (κ3) is 6.60. The zero-order valence-electron chi connectivity index (χ0n) is 12.9. The topological polar surface area (TPSA) is 18.5 Å². The van der Waals surface area contributed by atoms with Crippen molar-refractivity contribution in [2.75, 3.05) is 51.7 Å². The number of anilines is 1. The van der Waals surface area contributed by atoms with Gasteiger partial charge >= 0.3 is 0 Å². The van der Waals surface area contributed by atoms with Crippen LogP contribution in [0.15, 0.2) is 24.3 Å². The van der Waals surface area contributed by atoms with Crippen LogP contribution in [0.1, 0.15) is 18.9 Å². The number of nitrogens with zero attached hydrogens (tertiary/aromatic N) is 2. The Morgan fingerprint density at radius 2 is 1.89 bits per heavy atom. The summed E-state index contributed by atoms with van der Waals surface area (Å²) in [6.07, 6.45) is 1.21. The van der Waals surface area contributed by atoms with E-state index in [2.05, 4.69) is 67.3 Å². The number of hydrogen-bond donors (Lipinski definition) is 1. The first-order chi connectivity index (χ1) is 9.13. The Bertz CT molecular complexity index is 350. The molecule has 108 valence electrons. The van der Waals surface area contributed by atoms with Gasteiger partial charge in [-0.15, -0.1) is 0 Å². The minimum absolute atomic E-state index is 1.05. The number of likely N-dealkylation sites (N-methyl/N-ethyl adjacent to an activating group) is 1. The lowest BCUT2D eigenvalue weighted by Gasteiger charge is -2.23. The van der Waals surface area contributed by atoms with Crippen molar-refractivity contribution in [3.63, 3.8) is 0 Å². The van der Waals surface area contributed by atoms with Gasteiger partial charge in [0.15, 0.2) is 0 Å². The summed E-state index contributed by atoms with van der Waals surface area (Å²) < 4.78 is 0. The van der Waals surface area contributed by atoms with Crippen LogP contribution in [-0.4, -0.2) is 51.7 Å². The largest absolute Gasteiger partial charge is 0.371 e. The molecule has 0 unspecified atom stereocenters. The number of hydrogen-bond acceptors (Lipinski definition) is 3. The molecule has 1 aromatic carbocycles. The van der Waals surface area contributed by atoms with E-state index < -0.39 is 0 Å². The summed E-state index contributed by atoms with van der Waals surface area (Å²) in [4.78, 5) is 4.65. The fourth-order valence-corrected chi connectivity index (χ4v) is 2.15. The molecule has 0 bridgehead atoms. The summed E-state index contributed by atoms with van der Waals surface area (Å²) in [5.41, 5.74) is 2.66. The molecule has 1 rings (SSSR count). The summed E-state index contributed by atoms with van der Waals surface area (Å²) in [7, 11) is 4.24. The summed E-state index contributed by atoms with van der Waals surface area (Å²) in [6.45, 7) is 9.80. The van der Waals surface area contributed by atoms with Crippen molar-refractivity contribution in [3.05, 3.63) is 29.8 Å². The van der Waals surface area contributed by atoms with E-state index in [1.54, 1.807) is 0 Å². The molecule has 0 fully saturated rings. The maximum Gasteiger partial charge on any atom is 0.0369 e. The van der Waals surface area contributed by atoms with Crippen LogP contribution in [0.4, 0.5) is 5.69 Å². The highest BCUT2D eigenvalue weighted by Crippen LogP contribution is 2.14. The van der Waals surface area contributed by atoms with Gasteiger partial charge in [-0.3, -0.25) is 0 Å². The van der Waals surface area contributed by atoms with E-state index in [0.717, 1.165) is 32.7 Å². The first-order valence-corrected chi connectivity index (χ1v) is 7.30. The first kappa shape index (κ1) is 16.0. The molecule has 3 nitrogen and oxygen atoms in total. The predicted molar refractivity (Wildman–Crippen MR) is 85.1 cm³/mol. The second-order valence-corrected chi connectivity index (χ2v) is 5.33. The zero-order chi connectivity index (χ0) is 14.1. The molecule has 0 spiro atoms. The normalized spacial score (nSPS) is 11.0. The highest BCUT2D eigenvalue weighted by molar-refractivity contribution is 5.48. The molecule has 3 heteroatoms. The van der Waals surface area contributed by atoms with Gasteiger partial charge < -0.3 is 15.1 Å². The molecule has 0 aromatic heterocycles. The van der Waals surface area contributed by atoms with Crippen LogP contribution >= 0.6 is 0 Å². The van der Waals surface area contributed by atoms with Crippen LogP contribution in [0.2, 0.25) is 0 Å². The first-order valence-electron chi connectivity index (χ1n) is 7.30. The predicted octanol–water partition coefficient (Wildman–Crippen LogP) is 2.36. The van der Waals surface area contributed by atoms with Crippen molar-refractivity contribution in [1.29, 1.82) is 0 Å². The molecular formula is C16H29N3. The molecule has 0 aliphatic rings. The Kier molecular flexibility index (Phi) is 7.53. The standard InChI is InChI=1S/C16H29N3/c1-5-19(16-9-6-8-15(2)14-16)13-11-17-10-7-12-18(3)4/h6,8-9,14,17H,5,7,10-13H2,1-4H3. The number of rotatable bonds is 9. The van der Waals surface area contributed by atoms with Crippen molar-refractivity contribution in [2.45, 2.75) is 20.3 Å². The van der Waals surface area contributed by atoms with E-state index in [9.17, 15) is 0 Å². The Labute approximate surface area is 118 Å². The van der Waals surface area contributed by atoms with Crippen LogP contribution in [0.3, 0.4) is 0 Å². The monoisotopic (exact) mass is 263 g/mol. The Hall–Kier alpha value is -1.06. The third-order valence-electron chi connectivity index (χ3n) is 3.27. The molecule has 0 aliphatic heterocycles. The smallest absolute Gasteiger partial charge is 0.0369 e. The van der Waals surface area contributed by atoms with Crippen molar-refractivity contribution in [1.82, 2.24) is 10.2 Å². The van der Waals surface area contributed by atoms with Gasteiger partial charge in [0.1, 0.15) is 0 Å². The van der Waals surface area contributed by atoms with Gasteiger partial charge in [0, 0.05) is 25.3 Å². The van der Waals surface area contributed by atoms with Gasteiger partial charge in [-0.05, 0) is 65.1 Å². The van der Waals surface area contributed by atoms with Gasteiger partial charge in [-0.1, -0.05) is 12.1 Å². The summed E-state index contributed by atoms with van der Waals surface area (Å²) in [5.74, 6) is 0. The molecule has 0 saturated carbocycles. The van der Waals surface area contributed by atoms with E-state index >= 15 is 0 Å². The van der Waals surface area contributed by atoms with Crippen LogP contribution in [0, 0.1) is 6.92 Å². The van der Waals surface area contributed by atoms with Gasteiger partial charge in [0.25, 0.3) is 0 Å². The van der Waals surface area contributed by atoms with E-state index in [1.165, 1.54) is 17.7 Å². The van der Waals surface area contributed by atoms with Crippen molar-refractivity contribution < 1.29 is 0 Å². The van der Waals surface area contributed by atoms with Crippen LogP contribution in [0.25, 0.3) is 0 Å². The van der Waals surface area contributed by atoms with E-state index in [4.69, 9.17) is 0 Å². The Morgan fingerprint density at radius 1 is 1.11 bits per heavy atom. The fourth-order valence-electron chi connectivity index (χ4n) is 2.15. The molecule has 1 N–H and O–H groups in total. The lowest BCUT2D eigenvalue weighted by atomic mass is 10.2. The second kappa shape index (κ2) is 8.94. The molecule has 0 amide bonds. The van der Waals surface area contributed by atoms with Crippen molar-refractivity contribution >= 4 is 5.69 Å². The second-order valence-electron chi connectivity index (χ2n) is 5.33. The molecule has 0 atom stereocenters. The highest BCUT2D eigenvalue weighted by atomic mass is 15.1. The maximum atomic E-state index is 3.52. The van der Waals surface area contributed by atoms with Crippen LogP contribution in [0.5, 0.6) is 0 Å². The van der Waals surface area contributed by atoms with E-state index in [0.29, 0.717) is 0 Å². The minimum atomic E-state index is 1.05. The molecule has 1 aromatic rings. The zero-order valence-corrected chi connectivity index (χ0v) is 12.9. The Morgan fingerprint density at radius 3 is 2.53 bits per heavy atom. The molecule has 0 aliphatic carbocycles. The average molecular weight is 263 g/mol. The number of benzene rings is 1.